The zero-order valence-electron chi connectivity index (χ0n) is 22.0. The first-order valence-electron chi connectivity index (χ1n) is 13.0. The molecule has 2 heterocycles. The zero-order valence-corrected chi connectivity index (χ0v) is 25.0. The van der Waals surface area contributed by atoms with Crippen LogP contribution < -0.4 is 9.47 Å². The number of hydrogen-bond donors (Lipinski definition) is 2. The van der Waals surface area contributed by atoms with Crippen LogP contribution in [0.2, 0.25) is 6.32 Å². The van der Waals surface area contributed by atoms with Crippen LogP contribution in [-0.4, -0.2) is 56.5 Å². The summed E-state index contributed by atoms with van der Waals surface area (Å²) in [7, 11) is -3.11. The number of phenols is 1. The molecule has 1 saturated heterocycles. The van der Waals surface area contributed by atoms with Crippen molar-refractivity contribution in [2.24, 2.45) is 0 Å². The third-order valence-corrected chi connectivity index (χ3v) is 10.1. The summed E-state index contributed by atoms with van der Waals surface area (Å²) in [4.78, 5) is 0. The Labute approximate surface area is 248 Å². The molecule has 7 nitrogen and oxygen atoms in total. The maximum atomic E-state index is 13.1. The van der Waals surface area contributed by atoms with Gasteiger partial charge in [-0.15, -0.1) is 0 Å². The molecule has 10 heteroatoms. The number of hydrogen-bond acceptors (Lipinski definition) is 7. The van der Waals surface area contributed by atoms with Gasteiger partial charge in [-0.3, -0.25) is 0 Å². The monoisotopic (exact) mass is 672 g/mol. The van der Waals surface area contributed by atoms with Crippen LogP contribution >= 0.6 is 22.6 Å². The molecule has 2 aliphatic heterocycles. The Bertz CT molecular complexity index is 1520. The lowest BCUT2D eigenvalue weighted by Crippen LogP contribution is -2.42. The zero-order chi connectivity index (χ0) is 28.3. The molecule has 2 N–H and O–H groups in total. The summed E-state index contributed by atoms with van der Waals surface area (Å²) in [6.45, 7) is 0.151. The number of halogens is 1. The lowest BCUT2D eigenvalue weighted by Gasteiger charge is -2.32. The fourth-order valence-electron chi connectivity index (χ4n) is 5.37. The molecule has 0 aliphatic carbocycles. The van der Waals surface area contributed by atoms with E-state index < -0.39 is 28.3 Å². The van der Waals surface area contributed by atoms with E-state index in [1.54, 1.807) is 6.07 Å². The Morgan fingerprint density at radius 2 is 1.82 bits per heavy atom. The van der Waals surface area contributed by atoms with Crippen molar-refractivity contribution >= 4 is 51.2 Å². The summed E-state index contributed by atoms with van der Waals surface area (Å²) >= 11 is 2.07. The Hall–Kier alpha value is -2.80. The second kappa shape index (κ2) is 12.4. The first-order valence-corrected chi connectivity index (χ1v) is 15.8. The van der Waals surface area contributed by atoms with Crippen LogP contribution in [-0.2, 0) is 14.5 Å². The lowest BCUT2D eigenvalue weighted by atomic mass is 9.74. The highest BCUT2D eigenvalue weighted by atomic mass is 127. The van der Waals surface area contributed by atoms with E-state index in [1.807, 2.05) is 72.8 Å². The van der Waals surface area contributed by atoms with Gasteiger partial charge in [0, 0.05) is 6.32 Å². The summed E-state index contributed by atoms with van der Waals surface area (Å²) in [6.07, 6.45) is 2.53. The highest BCUT2D eigenvalue weighted by Crippen LogP contribution is 2.41. The Balaban J connectivity index is 1.45. The van der Waals surface area contributed by atoms with Crippen LogP contribution in [0.4, 0.5) is 0 Å². The highest BCUT2D eigenvalue weighted by molar-refractivity contribution is 14.1. The number of aromatic hydroxyl groups is 1. The van der Waals surface area contributed by atoms with E-state index >= 15 is 0 Å². The maximum Gasteiger partial charge on any atom is 0.456 e. The van der Waals surface area contributed by atoms with E-state index in [9.17, 15) is 18.5 Å². The molecular weight excluding hydrogens is 642 g/mol. The van der Waals surface area contributed by atoms with Gasteiger partial charge in [0.2, 0.25) is 0 Å². The summed E-state index contributed by atoms with van der Waals surface area (Å²) in [6, 6.07) is 22.9. The van der Waals surface area contributed by atoms with Crippen molar-refractivity contribution in [1.82, 2.24) is 0 Å². The molecule has 208 valence electrons. The summed E-state index contributed by atoms with van der Waals surface area (Å²) < 4.78 is 44.2. The van der Waals surface area contributed by atoms with Crippen molar-refractivity contribution in [3.63, 3.8) is 0 Å². The number of rotatable bonds is 9. The van der Waals surface area contributed by atoms with Crippen LogP contribution in [0.15, 0.2) is 83.9 Å². The van der Waals surface area contributed by atoms with Gasteiger partial charge in [-0.25, -0.2) is 8.42 Å². The molecule has 0 radical (unpaired) electrons. The van der Waals surface area contributed by atoms with E-state index in [-0.39, 0.29) is 24.4 Å². The molecule has 1 fully saturated rings. The average molecular weight is 672 g/mol. The van der Waals surface area contributed by atoms with Gasteiger partial charge in [0.1, 0.15) is 12.4 Å². The fraction of sp³-hybridized carbons (Fsp3) is 0.267. The number of sulfone groups is 1. The summed E-state index contributed by atoms with van der Waals surface area (Å²) in [5.74, 6) is 1.05. The Kier molecular flexibility index (Phi) is 8.89. The van der Waals surface area contributed by atoms with Gasteiger partial charge in [-0.1, -0.05) is 54.6 Å². The van der Waals surface area contributed by atoms with Crippen LogP contribution in [0.3, 0.4) is 0 Å². The van der Waals surface area contributed by atoms with Gasteiger partial charge in [0.15, 0.2) is 21.3 Å². The number of phenolic OH excluding ortho intramolecular Hbond substituents is 1. The molecule has 0 aromatic heterocycles. The van der Waals surface area contributed by atoms with Gasteiger partial charge < -0.3 is 24.3 Å². The topological polar surface area (TPSA) is 102 Å². The maximum absolute atomic E-state index is 13.1. The minimum atomic E-state index is -3.47. The molecule has 0 unspecified atom stereocenters. The second-order valence-corrected chi connectivity index (χ2v) is 13.2. The molecule has 0 spiro atoms. The van der Waals surface area contributed by atoms with E-state index in [2.05, 4.69) is 22.6 Å². The highest BCUT2D eigenvalue weighted by Gasteiger charge is 2.48. The normalized spacial score (nSPS) is 20.4. The summed E-state index contributed by atoms with van der Waals surface area (Å²) in [5, 5.41) is 20.0. The number of para-hydroxylation sites is 1. The van der Waals surface area contributed by atoms with Crippen LogP contribution in [0.5, 0.6) is 17.2 Å². The third kappa shape index (κ3) is 6.40. The predicted molar refractivity (Wildman–Crippen MR) is 165 cm³/mol. The molecule has 0 saturated carbocycles. The SMILES string of the molecule is COc1cc(/C=C(/CC[C@H]2OB(O)C[C@H]3C2=C(COc2ccccc2)CS3(=O)=O)c2ccccc2)cc(I)c1O. The number of allylic oxidation sites excluding steroid dienone is 1. The molecule has 40 heavy (non-hydrogen) atoms. The minimum Gasteiger partial charge on any atom is -0.504 e. The second-order valence-electron chi connectivity index (χ2n) is 9.90. The number of fused-ring (bicyclic) bond motifs is 1. The van der Waals surface area contributed by atoms with E-state index in [4.69, 9.17) is 14.1 Å². The molecule has 0 amide bonds. The van der Waals surface area contributed by atoms with Crippen LogP contribution in [0.1, 0.15) is 24.0 Å². The standard InChI is InChI=1S/C30H30BIO7S/c1-37-27-16-20(15-25(32)30(27)33)14-22(21-8-4-2-5-9-21)12-13-26-29-23(18-38-24-10-6-3-7-11-24)19-40(35,36)28(29)17-31(34)39-26/h2-11,14-16,26,28,33-34H,12-13,17-19H2,1H3/b22-14-/t26-,28+/m1/s1. The van der Waals surface area contributed by atoms with E-state index in [0.717, 1.165) is 22.3 Å². The molecule has 3 aromatic carbocycles. The van der Waals surface area contributed by atoms with Crippen molar-refractivity contribution in [3.05, 3.63) is 98.6 Å². The molecule has 5 rings (SSSR count). The van der Waals surface area contributed by atoms with Crippen LogP contribution in [0.25, 0.3) is 11.6 Å². The molecule has 3 aromatic rings. The minimum absolute atomic E-state index is 0.0239. The van der Waals surface area contributed by atoms with Crippen molar-refractivity contribution < 1.29 is 32.7 Å². The Morgan fingerprint density at radius 3 is 2.52 bits per heavy atom. The molecular formula is C30H30BIO7S. The van der Waals surface area contributed by atoms with Crippen molar-refractivity contribution in [2.75, 3.05) is 19.5 Å². The molecule has 2 atom stereocenters. The van der Waals surface area contributed by atoms with Gasteiger partial charge in [-0.2, -0.15) is 0 Å². The number of benzene rings is 3. The van der Waals surface area contributed by atoms with Gasteiger partial charge >= 0.3 is 7.12 Å². The van der Waals surface area contributed by atoms with E-state index in [1.165, 1.54) is 7.11 Å². The third-order valence-electron chi connectivity index (χ3n) is 7.24. The predicted octanol–water partition coefficient (Wildman–Crippen LogP) is 5.38. The average Bonchev–Trinajstić information content (AvgIpc) is 3.21. The Morgan fingerprint density at radius 1 is 1.12 bits per heavy atom. The van der Waals surface area contributed by atoms with Crippen molar-refractivity contribution in [2.45, 2.75) is 30.5 Å². The van der Waals surface area contributed by atoms with Crippen molar-refractivity contribution in [1.29, 1.82) is 0 Å². The van der Waals surface area contributed by atoms with E-state index in [0.29, 0.717) is 33.5 Å². The first kappa shape index (κ1) is 28.7. The summed E-state index contributed by atoms with van der Waals surface area (Å²) in [5.41, 5.74) is 4.30. The number of methoxy groups -OCH3 is 1. The first-order chi connectivity index (χ1) is 19.2. The fourth-order valence-corrected chi connectivity index (χ4v) is 8.09. The van der Waals surface area contributed by atoms with Gasteiger partial charge in [0.05, 0.1) is 27.8 Å². The number of ether oxygens (including phenoxy) is 2. The quantitative estimate of drug-likeness (QED) is 0.136. The molecule has 2 aliphatic rings. The molecule has 0 bridgehead atoms. The van der Waals surface area contributed by atoms with Gasteiger partial charge in [0.25, 0.3) is 0 Å². The smallest absolute Gasteiger partial charge is 0.456 e. The van der Waals surface area contributed by atoms with Crippen LogP contribution in [0, 0.1) is 3.57 Å². The van der Waals surface area contributed by atoms with Crippen molar-refractivity contribution in [3.8, 4) is 17.2 Å². The van der Waals surface area contributed by atoms with Gasteiger partial charge in [-0.05, 0) is 87.5 Å². The lowest BCUT2D eigenvalue weighted by molar-refractivity contribution is 0.170. The largest absolute Gasteiger partial charge is 0.504 e.